The van der Waals surface area contributed by atoms with Gasteiger partial charge in [0.05, 0.1) is 5.92 Å². The van der Waals surface area contributed by atoms with Crippen LogP contribution < -0.4 is 0 Å². The topological polar surface area (TPSA) is 40.5 Å². The lowest BCUT2D eigenvalue weighted by molar-refractivity contribution is -0.141. The average molecular weight is 376 g/mol. The largest absolute Gasteiger partial charge is 0.481 e. The average Bonchev–Trinajstić information content (AvgIpc) is 2.84. The fourth-order valence-electron chi connectivity index (χ4n) is 4.83. The molecule has 146 valence electrons. The first-order valence-electron chi connectivity index (χ1n) is 10.4. The van der Waals surface area contributed by atoms with Crippen LogP contribution in [-0.2, 0) is 17.6 Å². The minimum atomic E-state index is -0.686. The molecule has 2 aromatic rings. The van der Waals surface area contributed by atoms with E-state index in [2.05, 4.69) is 61.2 Å². The third-order valence-electron chi connectivity index (χ3n) is 6.19. The Balaban J connectivity index is 1.99. The van der Waals surface area contributed by atoms with Gasteiger partial charge in [-0.2, -0.15) is 0 Å². The highest BCUT2D eigenvalue weighted by Crippen LogP contribution is 2.40. The fourth-order valence-corrected chi connectivity index (χ4v) is 4.83. The van der Waals surface area contributed by atoms with Crippen molar-refractivity contribution in [2.45, 2.75) is 39.5 Å². The second-order valence-corrected chi connectivity index (χ2v) is 8.17. The van der Waals surface area contributed by atoms with Crippen molar-refractivity contribution in [3.05, 3.63) is 75.9 Å². The van der Waals surface area contributed by atoms with Crippen molar-refractivity contribution in [2.75, 3.05) is 19.6 Å². The minimum absolute atomic E-state index is 0.400. The Bertz CT molecular complexity index is 928. The summed E-state index contributed by atoms with van der Waals surface area (Å²) in [5, 5.41) is 10.0. The van der Waals surface area contributed by atoms with Crippen LogP contribution in [0.2, 0.25) is 0 Å². The zero-order valence-corrected chi connectivity index (χ0v) is 16.9. The van der Waals surface area contributed by atoms with Crippen molar-refractivity contribution in [3.8, 4) is 0 Å². The van der Waals surface area contributed by atoms with Crippen molar-refractivity contribution in [3.63, 3.8) is 0 Å². The number of hydrogen-bond donors (Lipinski definition) is 1. The number of carboxylic acid groups (broad SMARTS) is 1. The molecule has 3 heteroatoms. The lowest BCUT2D eigenvalue weighted by Gasteiger charge is -2.34. The summed E-state index contributed by atoms with van der Waals surface area (Å²) in [5.41, 5.74) is 8.63. The molecule has 1 N–H and O–H groups in total. The lowest BCUT2D eigenvalue weighted by atomic mass is 9.81. The predicted octanol–water partition coefficient (Wildman–Crippen LogP) is 4.71. The van der Waals surface area contributed by atoms with E-state index in [4.69, 9.17) is 0 Å². The lowest BCUT2D eigenvalue weighted by Crippen LogP contribution is -2.39. The molecule has 0 amide bonds. The Morgan fingerprint density at radius 3 is 2.61 bits per heavy atom. The van der Waals surface area contributed by atoms with Crippen LogP contribution in [-0.4, -0.2) is 35.6 Å². The number of likely N-dealkylation sites (tertiary alicyclic amines) is 1. The van der Waals surface area contributed by atoms with E-state index in [9.17, 15) is 9.90 Å². The molecule has 1 aliphatic heterocycles. The van der Waals surface area contributed by atoms with Gasteiger partial charge in [-0.15, -0.1) is 0 Å². The molecule has 1 heterocycles. The highest BCUT2D eigenvalue weighted by atomic mass is 16.4. The number of nitrogens with zero attached hydrogens (tertiary/aromatic N) is 1. The molecular weight excluding hydrogens is 346 g/mol. The number of aryl methyl sites for hydroxylation is 3. The van der Waals surface area contributed by atoms with Crippen molar-refractivity contribution >= 4 is 11.5 Å². The van der Waals surface area contributed by atoms with Crippen molar-refractivity contribution in [1.82, 2.24) is 4.90 Å². The summed E-state index contributed by atoms with van der Waals surface area (Å²) in [7, 11) is 0. The van der Waals surface area contributed by atoms with E-state index in [1.165, 1.54) is 33.4 Å². The number of piperidine rings is 1. The van der Waals surface area contributed by atoms with Crippen LogP contribution in [0, 0.1) is 12.8 Å². The molecule has 1 atom stereocenters. The van der Waals surface area contributed by atoms with E-state index in [0.29, 0.717) is 6.42 Å². The predicted molar refractivity (Wildman–Crippen MR) is 114 cm³/mol. The van der Waals surface area contributed by atoms with Crippen molar-refractivity contribution < 1.29 is 9.90 Å². The first-order valence-corrected chi connectivity index (χ1v) is 10.4. The van der Waals surface area contributed by atoms with Gasteiger partial charge >= 0.3 is 5.97 Å². The standard InChI is InChI=1S/C25H29NO2/c1-3-13-26-14-12-21(25(27)28)23(16-26)24-20-7-5-4-6-18(20)10-11-19-9-8-17(2)15-22(19)24/h4-9,15,21H,3,10-14,16H2,1-2H3,(H,27,28). The summed E-state index contributed by atoms with van der Waals surface area (Å²) in [4.78, 5) is 14.6. The van der Waals surface area contributed by atoms with Crippen LogP contribution in [0.5, 0.6) is 0 Å². The molecule has 28 heavy (non-hydrogen) atoms. The molecule has 1 saturated heterocycles. The minimum Gasteiger partial charge on any atom is -0.481 e. The van der Waals surface area contributed by atoms with Gasteiger partial charge in [-0.3, -0.25) is 9.69 Å². The van der Waals surface area contributed by atoms with E-state index in [1.807, 2.05) is 0 Å². The van der Waals surface area contributed by atoms with Crippen LogP contribution in [0.1, 0.15) is 47.6 Å². The van der Waals surface area contributed by atoms with Crippen molar-refractivity contribution in [2.24, 2.45) is 5.92 Å². The zero-order chi connectivity index (χ0) is 19.7. The van der Waals surface area contributed by atoms with Gasteiger partial charge in [0.2, 0.25) is 0 Å². The third-order valence-corrected chi connectivity index (χ3v) is 6.19. The van der Waals surface area contributed by atoms with Crippen LogP contribution in [0.25, 0.3) is 5.57 Å². The first kappa shape index (κ1) is 18.9. The maximum absolute atomic E-state index is 12.2. The number of carboxylic acids is 1. The number of hydrogen-bond acceptors (Lipinski definition) is 2. The maximum Gasteiger partial charge on any atom is 0.310 e. The highest BCUT2D eigenvalue weighted by Gasteiger charge is 2.33. The summed E-state index contributed by atoms with van der Waals surface area (Å²) in [6.45, 7) is 6.95. The second kappa shape index (κ2) is 7.92. The SMILES string of the molecule is CCCN1CCC(C(=O)O)C(=C2c3ccccc3CCc3ccc(C)cc32)C1. The molecule has 1 aliphatic carbocycles. The molecule has 4 rings (SSSR count). The molecular formula is C25H29NO2. The van der Waals surface area contributed by atoms with Crippen LogP contribution in [0.3, 0.4) is 0 Å². The molecule has 2 aromatic carbocycles. The second-order valence-electron chi connectivity index (χ2n) is 8.17. The van der Waals surface area contributed by atoms with E-state index >= 15 is 0 Å². The molecule has 0 radical (unpaired) electrons. The monoisotopic (exact) mass is 375 g/mol. The molecule has 0 aromatic heterocycles. The molecule has 1 fully saturated rings. The quantitative estimate of drug-likeness (QED) is 0.844. The van der Waals surface area contributed by atoms with Gasteiger partial charge in [0.25, 0.3) is 0 Å². The van der Waals surface area contributed by atoms with E-state index in [0.717, 1.165) is 44.5 Å². The number of aliphatic carboxylic acids is 1. The van der Waals surface area contributed by atoms with E-state index in [-0.39, 0.29) is 0 Å². The number of rotatable bonds is 3. The Morgan fingerprint density at radius 1 is 1.11 bits per heavy atom. The summed E-state index contributed by atoms with van der Waals surface area (Å²) in [5.74, 6) is -1.09. The van der Waals surface area contributed by atoms with Crippen LogP contribution in [0.4, 0.5) is 0 Å². The van der Waals surface area contributed by atoms with Gasteiger partial charge < -0.3 is 5.11 Å². The smallest absolute Gasteiger partial charge is 0.310 e. The fraction of sp³-hybridized carbons (Fsp3) is 0.400. The molecule has 3 nitrogen and oxygen atoms in total. The van der Waals surface area contributed by atoms with E-state index in [1.54, 1.807) is 0 Å². The Morgan fingerprint density at radius 2 is 1.86 bits per heavy atom. The van der Waals surface area contributed by atoms with E-state index < -0.39 is 11.9 Å². The molecule has 2 aliphatic rings. The Labute approximate surface area is 167 Å². The van der Waals surface area contributed by atoms with Gasteiger partial charge in [-0.05, 0) is 79.1 Å². The first-order chi connectivity index (χ1) is 13.6. The number of carbonyl (C=O) groups is 1. The molecule has 1 unspecified atom stereocenters. The number of benzene rings is 2. The summed E-state index contributed by atoms with van der Waals surface area (Å²) < 4.78 is 0. The van der Waals surface area contributed by atoms with Gasteiger partial charge in [0.15, 0.2) is 0 Å². The Hall–Kier alpha value is -2.39. The van der Waals surface area contributed by atoms with Crippen LogP contribution in [0.15, 0.2) is 48.0 Å². The normalized spacial score (nSPS) is 22.3. The Kier molecular flexibility index (Phi) is 5.36. The summed E-state index contributed by atoms with van der Waals surface area (Å²) >= 11 is 0. The zero-order valence-electron chi connectivity index (χ0n) is 16.9. The highest BCUT2D eigenvalue weighted by molar-refractivity contribution is 5.90. The molecule has 0 bridgehead atoms. The van der Waals surface area contributed by atoms with Crippen molar-refractivity contribution in [1.29, 1.82) is 0 Å². The van der Waals surface area contributed by atoms with Gasteiger partial charge in [0, 0.05) is 6.54 Å². The maximum atomic E-state index is 12.2. The summed E-state index contributed by atoms with van der Waals surface area (Å²) in [6.07, 6.45) is 3.78. The summed E-state index contributed by atoms with van der Waals surface area (Å²) in [6, 6.07) is 15.3. The van der Waals surface area contributed by atoms with Gasteiger partial charge in [0.1, 0.15) is 0 Å². The number of fused-ring (bicyclic) bond motifs is 2. The van der Waals surface area contributed by atoms with Crippen LogP contribution >= 0.6 is 0 Å². The van der Waals surface area contributed by atoms with Gasteiger partial charge in [-0.1, -0.05) is 55.0 Å². The van der Waals surface area contributed by atoms with Gasteiger partial charge in [-0.25, -0.2) is 0 Å². The third kappa shape index (κ3) is 3.51. The molecule has 0 spiro atoms. The molecule has 0 saturated carbocycles.